The third kappa shape index (κ3) is 2.96. The van der Waals surface area contributed by atoms with E-state index in [4.69, 9.17) is 0 Å². The molecule has 0 bridgehead atoms. The van der Waals surface area contributed by atoms with Gasteiger partial charge in [0.25, 0.3) is 0 Å². The minimum Gasteiger partial charge on any atom is -0.389 e. The maximum absolute atomic E-state index is 9.39. The van der Waals surface area contributed by atoms with Crippen molar-refractivity contribution >= 4 is 11.8 Å². The van der Waals surface area contributed by atoms with Crippen LogP contribution in [0.15, 0.2) is 6.20 Å². The predicted molar refractivity (Wildman–Crippen MR) is 59.2 cm³/mol. The van der Waals surface area contributed by atoms with Gasteiger partial charge in [-0.15, -0.1) is 0 Å². The molecule has 0 saturated carbocycles. The van der Waals surface area contributed by atoms with Gasteiger partial charge in [-0.3, -0.25) is 0 Å². The molecule has 1 aromatic rings. The van der Waals surface area contributed by atoms with Crippen LogP contribution in [0.5, 0.6) is 0 Å². The number of hydrogen-bond donors (Lipinski definition) is 1. The largest absolute Gasteiger partial charge is 0.389 e. The van der Waals surface area contributed by atoms with Gasteiger partial charge in [0.05, 0.1) is 11.9 Å². The van der Waals surface area contributed by atoms with Crippen LogP contribution in [0.25, 0.3) is 0 Å². The Morgan fingerprint density at radius 3 is 2.79 bits per heavy atom. The Balaban J connectivity index is 2.78. The molecule has 0 spiro atoms. The van der Waals surface area contributed by atoms with Gasteiger partial charge in [0.15, 0.2) is 0 Å². The zero-order valence-electron chi connectivity index (χ0n) is 8.82. The summed E-state index contributed by atoms with van der Waals surface area (Å²) in [6, 6.07) is 0. The van der Waals surface area contributed by atoms with Crippen molar-refractivity contribution in [3.8, 4) is 0 Å². The van der Waals surface area contributed by atoms with Crippen molar-refractivity contribution in [2.45, 2.75) is 32.6 Å². The number of nitrogens with zero attached hydrogens (tertiary/aromatic N) is 2. The van der Waals surface area contributed by atoms with Gasteiger partial charge in [-0.05, 0) is 19.6 Å². The second-order valence-corrected chi connectivity index (χ2v) is 4.41. The van der Waals surface area contributed by atoms with Crippen LogP contribution in [0, 0.1) is 6.92 Å². The maximum atomic E-state index is 9.39. The fraction of sp³-hybridized carbons (Fsp3) is 0.600. The van der Waals surface area contributed by atoms with Gasteiger partial charge in [-0.25, -0.2) is 9.97 Å². The first kappa shape index (κ1) is 11.5. The zero-order chi connectivity index (χ0) is 10.6. The lowest BCUT2D eigenvalue weighted by molar-refractivity contribution is 0.197. The summed E-state index contributed by atoms with van der Waals surface area (Å²) in [6.07, 6.45) is 1.24. The van der Waals surface area contributed by atoms with Crippen molar-refractivity contribution in [2.75, 3.05) is 5.75 Å². The van der Waals surface area contributed by atoms with Crippen LogP contribution in [0.2, 0.25) is 0 Å². The van der Waals surface area contributed by atoms with Gasteiger partial charge in [0.2, 0.25) is 0 Å². The molecule has 78 valence electrons. The van der Waals surface area contributed by atoms with E-state index in [-0.39, 0.29) is 0 Å². The Hall–Kier alpha value is -0.610. The number of rotatable bonds is 4. The van der Waals surface area contributed by atoms with Crippen molar-refractivity contribution in [3.05, 3.63) is 23.3 Å². The van der Waals surface area contributed by atoms with Gasteiger partial charge >= 0.3 is 0 Å². The first-order valence-corrected chi connectivity index (χ1v) is 5.88. The second kappa shape index (κ2) is 5.32. The third-order valence-electron chi connectivity index (χ3n) is 1.95. The monoisotopic (exact) mass is 212 g/mol. The van der Waals surface area contributed by atoms with Gasteiger partial charge in [-0.2, -0.15) is 11.8 Å². The summed E-state index contributed by atoms with van der Waals surface area (Å²) in [5.74, 6) is 2.76. The molecule has 0 aromatic carbocycles. The van der Waals surface area contributed by atoms with Crippen LogP contribution in [0.1, 0.15) is 37.0 Å². The molecule has 0 radical (unpaired) electrons. The standard InChI is InChI=1S/C10H16N2OS/c1-4-14-6-10-11-5-9(8(3)13)7(2)12-10/h5,8,13H,4,6H2,1-3H3/t8-/m1/s1. The second-order valence-electron chi connectivity index (χ2n) is 3.14. The number of aliphatic hydroxyl groups excluding tert-OH is 1. The van der Waals surface area contributed by atoms with Crippen molar-refractivity contribution in [2.24, 2.45) is 0 Å². The third-order valence-corrected chi connectivity index (χ3v) is 2.82. The number of aromatic nitrogens is 2. The maximum Gasteiger partial charge on any atom is 0.138 e. The first-order valence-electron chi connectivity index (χ1n) is 4.73. The van der Waals surface area contributed by atoms with Crippen LogP contribution in [-0.4, -0.2) is 20.8 Å². The molecule has 1 aromatic heterocycles. The minimum absolute atomic E-state index is 0.483. The zero-order valence-corrected chi connectivity index (χ0v) is 9.64. The first-order chi connectivity index (χ1) is 6.65. The molecular formula is C10H16N2OS. The summed E-state index contributed by atoms with van der Waals surface area (Å²) in [5.41, 5.74) is 1.69. The van der Waals surface area contributed by atoms with Crippen LogP contribution in [0.4, 0.5) is 0 Å². The van der Waals surface area contributed by atoms with E-state index in [2.05, 4.69) is 16.9 Å². The molecular weight excluding hydrogens is 196 g/mol. The molecule has 1 atom stereocenters. The summed E-state index contributed by atoms with van der Waals surface area (Å²) >= 11 is 1.80. The molecule has 14 heavy (non-hydrogen) atoms. The average molecular weight is 212 g/mol. The Kier molecular flexibility index (Phi) is 4.35. The molecule has 0 unspecified atom stereocenters. The van der Waals surface area contributed by atoms with E-state index in [1.165, 1.54) is 0 Å². The molecule has 1 rings (SSSR count). The molecule has 0 amide bonds. The van der Waals surface area contributed by atoms with Gasteiger partial charge < -0.3 is 5.11 Å². The van der Waals surface area contributed by atoms with E-state index >= 15 is 0 Å². The molecule has 0 aliphatic heterocycles. The molecule has 0 aliphatic rings. The fourth-order valence-electron chi connectivity index (χ4n) is 1.20. The Labute approximate surface area is 89.0 Å². The Morgan fingerprint density at radius 2 is 2.29 bits per heavy atom. The molecule has 0 aliphatic carbocycles. The fourth-order valence-corrected chi connectivity index (χ4v) is 1.72. The number of thioether (sulfide) groups is 1. The van der Waals surface area contributed by atoms with E-state index in [9.17, 15) is 5.11 Å². The summed E-state index contributed by atoms with van der Waals surface area (Å²) in [6.45, 7) is 5.75. The number of aliphatic hydroxyl groups is 1. The normalized spacial score (nSPS) is 12.9. The molecule has 3 nitrogen and oxygen atoms in total. The van der Waals surface area contributed by atoms with Gasteiger partial charge in [0, 0.05) is 17.5 Å². The smallest absolute Gasteiger partial charge is 0.138 e. The highest BCUT2D eigenvalue weighted by Gasteiger charge is 2.07. The minimum atomic E-state index is -0.483. The molecule has 0 saturated heterocycles. The summed E-state index contributed by atoms with van der Waals surface area (Å²) in [5, 5.41) is 9.39. The number of hydrogen-bond acceptors (Lipinski definition) is 4. The lowest BCUT2D eigenvalue weighted by atomic mass is 10.1. The highest BCUT2D eigenvalue weighted by molar-refractivity contribution is 7.98. The lowest BCUT2D eigenvalue weighted by Gasteiger charge is -2.08. The van der Waals surface area contributed by atoms with E-state index in [0.29, 0.717) is 0 Å². The van der Waals surface area contributed by atoms with Crippen LogP contribution in [-0.2, 0) is 5.75 Å². The van der Waals surface area contributed by atoms with Gasteiger partial charge in [-0.1, -0.05) is 6.92 Å². The SMILES string of the molecule is CCSCc1ncc([C@@H](C)O)c(C)n1. The van der Waals surface area contributed by atoms with Crippen molar-refractivity contribution in [1.29, 1.82) is 0 Å². The van der Waals surface area contributed by atoms with E-state index in [1.807, 2.05) is 6.92 Å². The van der Waals surface area contributed by atoms with Crippen molar-refractivity contribution < 1.29 is 5.11 Å². The Bertz CT molecular complexity index is 302. The lowest BCUT2D eigenvalue weighted by Crippen LogP contribution is -2.02. The highest BCUT2D eigenvalue weighted by atomic mass is 32.2. The summed E-state index contributed by atoms with van der Waals surface area (Å²) < 4.78 is 0. The van der Waals surface area contributed by atoms with Crippen molar-refractivity contribution in [3.63, 3.8) is 0 Å². The van der Waals surface area contributed by atoms with Crippen LogP contribution < -0.4 is 0 Å². The highest BCUT2D eigenvalue weighted by Crippen LogP contribution is 2.15. The molecule has 4 heteroatoms. The topological polar surface area (TPSA) is 46.0 Å². The number of aryl methyl sites for hydroxylation is 1. The average Bonchev–Trinajstić information content (AvgIpc) is 2.14. The molecule has 1 heterocycles. The molecule has 1 N–H and O–H groups in total. The predicted octanol–water partition coefficient (Wildman–Crippen LogP) is 2.09. The summed E-state index contributed by atoms with van der Waals surface area (Å²) in [4.78, 5) is 8.55. The van der Waals surface area contributed by atoms with E-state index < -0.39 is 6.10 Å². The quantitative estimate of drug-likeness (QED) is 0.830. The Morgan fingerprint density at radius 1 is 1.57 bits per heavy atom. The van der Waals surface area contributed by atoms with E-state index in [1.54, 1.807) is 24.9 Å². The van der Waals surface area contributed by atoms with Crippen molar-refractivity contribution in [1.82, 2.24) is 9.97 Å². The van der Waals surface area contributed by atoms with Crippen LogP contribution >= 0.6 is 11.8 Å². The van der Waals surface area contributed by atoms with Gasteiger partial charge in [0.1, 0.15) is 5.82 Å². The van der Waals surface area contributed by atoms with Crippen LogP contribution in [0.3, 0.4) is 0 Å². The van der Waals surface area contributed by atoms with E-state index in [0.717, 1.165) is 28.6 Å². The summed E-state index contributed by atoms with van der Waals surface area (Å²) in [7, 11) is 0. The molecule has 0 fully saturated rings.